The first kappa shape index (κ1) is 11.2. The van der Waals surface area contributed by atoms with Crippen LogP contribution in [0.25, 0.3) is 0 Å². The molecule has 2 aliphatic rings. The molecular formula is C14H24O. The minimum atomic E-state index is 0.436. The Morgan fingerprint density at radius 2 is 1.40 bits per heavy atom. The van der Waals surface area contributed by atoms with Gasteiger partial charge >= 0.3 is 0 Å². The van der Waals surface area contributed by atoms with Gasteiger partial charge in [-0.2, -0.15) is 0 Å². The quantitative estimate of drug-likeness (QED) is 0.682. The molecule has 2 aliphatic carbocycles. The van der Waals surface area contributed by atoms with Crippen LogP contribution in [-0.2, 0) is 4.79 Å². The van der Waals surface area contributed by atoms with E-state index in [1.54, 1.807) is 0 Å². The SMILES string of the molecule is O=C(CC1CCC1)C1CCCCCCC1. The van der Waals surface area contributed by atoms with E-state index in [0.717, 1.165) is 12.3 Å². The van der Waals surface area contributed by atoms with Gasteiger partial charge in [0, 0.05) is 12.3 Å². The van der Waals surface area contributed by atoms with E-state index in [-0.39, 0.29) is 0 Å². The number of hydrogen-bond donors (Lipinski definition) is 0. The van der Waals surface area contributed by atoms with Gasteiger partial charge in [-0.05, 0) is 18.8 Å². The monoisotopic (exact) mass is 208 g/mol. The minimum absolute atomic E-state index is 0.436. The van der Waals surface area contributed by atoms with Crippen molar-refractivity contribution < 1.29 is 4.79 Å². The van der Waals surface area contributed by atoms with Crippen LogP contribution in [0.5, 0.6) is 0 Å². The lowest BCUT2D eigenvalue weighted by molar-refractivity contribution is -0.125. The number of hydrogen-bond acceptors (Lipinski definition) is 1. The molecule has 0 heterocycles. The van der Waals surface area contributed by atoms with Crippen LogP contribution < -0.4 is 0 Å². The maximum atomic E-state index is 12.1. The summed E-state index contributed by atoms with van der Waals surface area (Å²) in [4.78, 5) is 12.1. The fraction of sp³-hybridized carbons (Fsp3) is 0.929. The second kappa shape index (κ2) is 5.67. The number of ketones is 1. The molecule has 0 aromatic carbocycles. The van der Waals surface area contributed by atoms with Crippen molar-refractivity contribution in [2.24, 2.45) is 11.8 Å². The van der Waals surface area contributed by atoms with E-state index in [4.69, 9.17) is 0 Å². The molecule has 86 valence electrons. The van der Waals surface area contributed by atoms with Gasteiger partial charge in [-0.1, -0.05) is 51.4 Å². The lowest BCUT2D eigenvalue weighted by Crippen LogP contribution is -2.22. The Balaban J connectivity index is 1.75. The zero-order chi connectivity index (χ0) is 10.5. The van der Waals surface area contributed by atoms with Gasteiger partial charge in [0.1, 0.15) is 5.78 Å². The smallest absolute Gasteiger partial charge is 0.136 e. The molecule has 2 saturated carbocycles. The molecule has 0 N–H and O–H groups in total. The molecule has 0 aliphatic heterocycles. The normalized spacial score (nSPS) is 25.3. The summed E-state index contributed by atoms with van der Waals surface area (Å²) in [6.45, 7) is 0. The van der Waals surface area contributed by atoms with E-state index in [2.05, 4.69) is 0 Å². The molecule has 15 heavy (non-hydrogen) atoms. The van der Waals surface area contributed by atoms with Crippen molar-refractivity contribution in [1.82, 2.24) is 0 Å². The molecule has 1 nitrogen and oxygen atoms in total. The molecule has 0 saturated heterocycles. The highest BCUT2D eigenvalue weighted by molar-refractivity contribution is 5.81. The maximum Gasteiger partial charge on any atom is 0.136 e. The van der Waals surface area contributed by atoms with Crippen LogP contribution >= 0.6 is 0 Å². The maximum absolute atomic E-state index is 12.1. The van der Waals surface area contributed by atoms with Crippen LogP contribution in [0.15, 0.2) is 0 Å². The van der Waals surface area contributed by atoms with Crippen LogP contribution in [0, 0.1) is 11.8 Å². The second-order valence-electron chi connectivity index (χ2n) is 5.51. The first-order valence-corrected chi connectivity index (χ1v) is 6.89. The van der Waals surface area contributed by atoms with Gasteiger partial charge in [0.05, 0.1) is 0 Å². The number of rotatable bonds is 3. The fourth-order valence-corrected chi connectivity index (χ4v) is 2.93. The molecule has 0 unspecified atom stereocenters. The van der Waals surface area contributed by atoms with Crippen LogP contribution in [0.1, 0.15) is 70.6 Å². The average molecular weight is 208 g/mol. The molecule has 0 atom stereocenters. The van der Waals surface area contributed by atoms with Crippen molar-refractivity contribution in [2.75, 3.05) is 0 Å². The summed E-state index contributed by atoms with van der Waals surface area (Å²) in [7, 11) is 0. The molecule has 0 amide bonds. The van der Waals surface area contributed by atoms with E-state index in [1.165, 1.54) is 64.2 Å². The third-order valence-electron chi connectivity index (χ3n) is 4.28. The standard InChI is InChI=1S/C14H24O/c15-14(11-12-7-6-8-12)13-9-4-2-1-3-5-10-13/h12-13H,1-11H2. The Hall–Kier alpha value is -0.330. The van der Waals surface area contributed by atoms with Gasteiger partial charge in [0.2, 0.25) is 0 Å². The highest BCUT2D eigenvalue weighted by atomic mass is 16.1. The lowest BCUT2D eigenvalue weighted by Gasteiger charge is -2.27. The van der Waals surface area contributed by atoms with Gasteiger partial charge in [-0.15, -0.1) is 0 Å². The van der Waals surface area contributed by atoms with Crippen molar-refractivity contribution in [3.05, 3.63) is 0 Å². The van der Waals surface area contributed by atoms with Crippen molar-refractivity contribution >= 4 is 5.78 Å². The molecule has 0 aromatic heterocycles. The first-order valence-electron chi connectivity index (χ1n) is 6.89. The summed E-state index contributed by atoms with van der Waals surface area (Å²) in [6.07, 6.45) is 14.0. The van der Waals surface area contributed by atoms with Gasteiger partial charge in [0.15, 0.2) is 0 Å². The Morgan fingerprint density at radius 3 is 1.93 bits per heavy atom. The molecule has 2 fully saturated rings. The second-order valence-corrected chi connectivity index (χ2v) is 5.51. The lowest BCUT2D eigenvalue weighted by atomic mass is 9.78. The predicted molar refractivity (Wildman–Crippen MR) is 62.8 cm³/mol. The van der Waals surface area contributed by atoms with Crippen LogP contribution in [-0.4, -0.2) is 5.78 Å². The van der Waals surface area contributed by atoms with Gasteiger partial charge in [0.25, 0.3) is 0 Å². The van der Waals surface area contributed by atoms with Gasteiger partial charge in [-0.25, -0.2) is 0 Å². The van der Waals surface area contributed by atoms with Crippen molar-refractivity contribution in [1.29, 1.82) is 0 Å². The molecule has 2 rings (SSSR count). The number of Topliss-reactive ketones (excluding diaryl/α,β-unsaturated/α-hetero) is 1. The molecule has 0 aromatic rings. The summed E-state index contributed by atoms with van der Waals surface area (Å²) in [5, 5.41) is 0. The zero-order valence-corrected chi connectivity index (χ0v) is 9.84. The zero-order valence-electron chi connectivity index (χ0n) is 9.84. The van der Waals surface area contributed by atoms with Crippen molar-refractivity contribution in [3.8, 4) is 0 Å². The highest BCUT2D eigenvalue weighted by Crippen LogP contribution is 2.32. The third-order valence-corrected chi connectivity index (χ3v) is 4.28. The summed E-state index contributed by atoms with van der Waals surface area (Å²) < 4.78 is 0. The average Bonchev–Trinajstić information content (AvgIpc) is 2.10. The largest absolute Gasteiger partial charge is 0.299 e. The first-order chi connectivity index (χ1) is 7.36. The van der Waals surface area contributed by atoms with E-state index in [9.17, 15) is 4.79 Å². The summed E-state index contributed by atoms with van der Waals surface area (Å²) in [6, 6.07) is 0. The van der Waals surface area contributed by atoms with E-state index >= 15 is 0 Å². The van der Waals surface area contributed by atoms with Crippen LogP contribution in [0.2, 0.25) is 0 Å². The Kier molecular flexibility index (Phi) is 4.22. The predicted octanol–water partition coefficient (Wildman–Crippen LogP) is 4.11. The van der Waals surface area contributed by atoms with Crippen molar-refractivity contribution in [3.63, 3.8) is 0 Å². The number of carbonyl (C=O) groups is 1. The van der Waals surface area contributed by atoms with Crippen LogP contribution in [0.4, 0.5) is 0 Å². The minimum Gasteiger partial charge on any atom is -0.299 e. The molecule has 1 heteroatoms. The summed E-state index contributed by atoms with van der Waals surface area (Å²) >= 11 is 0. The van der Waals surface area contributed by atoms with E-state index in [1.807, 2.05) is 0 Å². The van der Waals surface area contributed by atoms with Gasteiger partial charge < -0.3 is 0 Å². The third kappa shape index (κ3) is 3.32. The molecule has 0 radical (unpaired) electrons. The van der Waals surface area contributed by atoms with E-state index in [0.29, 0.717) is 11.7 Å². The topological polar surface area (TPSA) is 17.1 Å². The summed E-state index contributed by atoms with van der Waals surface area (Å²) in [5.41, 5.74) is 0. The number of carbonyl (C=O) groups excluding carboxylic acids is 1. The fourth-order valence-electron chi connectivity index (χ4n) is 2.93. The molecule has 0 bridgehead atoms. The molecule has 0 spiro atoms. The van der Waals surface area contributed by atoms with Gasteiger partial charge in [-0.3, -0.25) is 4.79 Å². The van der Waals surface area contributed by atoms with E-state index < -0.39 is 0 Å². The highest BCUT2D eigenvalue weighted by Gasteiger charge is 2.25. The van der Waals surface area contributed by atoms with Crippen LogP contribution in [0.3, 0.4) is 0 Å². The Bertz CT molecular complexity index is 197. The summed E-state index contributed by atoms with van der Waals surface area (Å²) in [5.74, 6) is 1.80. The Labute approximate surface area is 93.6 Å². The molecular weight excluding hydrogens is 184 g/mol. The van der Waals surface area contributed by atoms with Crippen molar-refractivity contribution in [2.45, 2.75) is 70.6 Å². The Morgan fingerprint density at radius 1 is 0.800 bits per heavy atom.